The van der Waals surface area contributed by atoms with E-state index in [2.05, 4.69) is 20.1 Å². The monoisotopic (exact) mass is 781 g/mol. The summed E-state index contributed by atoms with van der Waals surface area (Å²) in [5.74, 6) is -0.235. The summed E-state index contributed by atoms with van der Waals surface area (Å²) in [4.78, 5) is 67.5. The van der Waals surface area contributed by atoms with E-state index in [-0.39, 0.29) is 49.3 Å². The normalized spacial score (nSPS) is 19.3. The predicted octanol–water partition coefficient (Wildman–Crippen LogP) is 4.36. The molecule has 0 spiro atoms. The Morgan fingerprint density at radius 3 is 2.18 bits per heavy atom. The van der Waals surface area contributed by atoms with Crippen molar-refractivity contribution < 1.29 is 33.8 Å². The second-order valence-electron chi connectivity index (χ2n) is 15.8. The van der Waals surface area contributed by atoms with Crippen LogP contribution in [0.1, 0.15) is 53.5 Å². The van der Waals surface area contributed by atoms with Crippen molar-refractivity contribution in [2.75, 3.05) is 70.8 Å². The lowest BCUT2D eigenvalue weighted by Crippen LogP contribution is -2.55. The van der Waals surface area contributed by atoms with Crippen LogP contribution in [0, 0.1) is 13.8 Å². The summed E-state index contributed by atoms with van der Waals surface area (Å²) in [5, 5.41) is 13.5. The average Bonchev–Trinajstić information content (AvgIpc) is 3.40. The van der Waals surface area contributed by atoms with Crippen LogP contribution in [0.4, 0.5) is 15.3 Å². The standard InChI is InChI=1S/C43H55N7O7/c1-30-25-33(26-31(2)40(30)52)27-38(57-43(55)49-18-12-36(13-19-49)50-20-9-34-5-3-4-6-37(34)45-42(50)54)41(53)48-16-10-35(11-17-48)47-23-21-46(22-24-47)28-39(51)56-29-32-7-14-44-15-8-32/h3-8,14-15,25-26,35-36,38,52H,9-13,16-24,27-29H2,1-2H3,(H,45,54)/t38-/m1/s1. The van der Waals surface area contributed by atoms with Crippen LogP contribution in [0.25, 0.3) is 0 Å². The van der Waals surface area contributed by atoms with Gasteiger partial charge in [0.25, 0.3) is 5.91 Å². The third kappa shape index (κ3) is 10.0. The van der Waals surface area contributed by atoms with Gasteiger partial charge in [-0.15, -0.1) is 0 Å². The van der Waals surface area contributed by atoms with Gasteiger partial charge in [0, 0.05) is 95.5 Å². The summed E-state index contributed by atoms with van der Waals surface area (Å²) >= 11 is 0. The number of carbonyl (C=O) groups is 4. The number of ether oxygens (including phenoxy) is 2. The number of phenols is 1. The van der Waals surface area contributed by atoms with Crippen molar-refractivity contribution in [3.63, 3.8) is 0 Å². The first-order valence-electron chi connectivity index (χ1n) is 20.3. The number of hydrogen-bond acceptors (Lipinski definition) is 10. The Morgan fingerprint density at radius 1 is 0.825 bits per heavy atom. The number of para-hydroxylation sites is 1. The number of aryl methyl sites for hydroxylation is 2. The second kappa shape index (κ2) is 18.4. The van der Waals surface area contributed by atoms with Crippen molar-refractivity contribution in [1.82, 2.24) is 29.5 Å². The van der Waals surface area contributed by atoms with Gasteiger partial charge < -0.3 is 34.6 Å². The van der Waals surface area contributed by atoms with Gasteiger partial charge in [-0.2, -0.15) is 0 Å². The Morgan fingerprint density at radius 2 is 1.47 bits per heavy atom. The highest BCUT2D eigenvalue weighted by atomic mass is 16.6. The van der Waals surface area contributed by atoms with E-state index in [0.717, 1.165) is 67.8 Å². The second-order valence-corrected chi connectivity index (χ2v) is 15.8. The predicted molar refractivity (Wildman–Crippen MR) is 214 cm³/mol. The minimum atomic E-state index is -1.02. The van der Waals surface area contributed by atoms with E-state index in [0.29, 0.717) is 62.7 Å². The van der Waals surface area contributed by atoms with Crippen LogP contribution in [0.15, 0.2) is 60.9 Å². The van der Waals surface area contributed by atoms with Gasteiger partial charge in [-0.3, -0.25) is 24.4 Å². The topological polar surface area (TPSA) is 148 Å². The average molecular weight is 782 g/mol. The molecule has 5 heterocycles. The van der Waals surface area contributed by atoms with Gasteiger partial charge in [-0.05, 0) is 92.0 Å². The zero-order valence-corrected chi connectivity index (χ0v) is 33.1. The maximum absolute atomic E-state index is 14.2. The first kappa shape index (κ1) is 40.0. The molecule has 4 amide bonds. The van der Waals surface area contributed by atoms with E-state index in [4.69, 9.17) is 9.47 Å². The van der Waals surface area contributed by atoms with Crippen LogP contribution in [0.5, 0.6) is 5.75 Å². The zero-order valence-electron chi connectivity index (χ0n) is 33.1. The molecule has 0 aliphatic carbocycles. The maximum Gasteiger partial charge on any atom is 0.410 e. The largest absolute Gasteiger partial charge is 0.507 e. The molecule has 4 aliphatic rings. The van der Waals surface area contributed by atoms with E-state index in [9.17, 15) is 24.3 Å². The molecule has 2 N–H and O–H groups in total. The molecule has 304 valence electrons. The summed E-state index contributed by atoms with van der Waals surface area (Å²) in [5.41, 5.74) is 5.08. The molecular weight excluding hydrogens is 727 g/mol. The Labute approximate surface area is 334 Å². The van der Waals surface area contributed by atoms with Crippen LogP contribution in [-0.2, 0) is 38.5 Å². The summed E-state index contributed by atoms with van der Waals surface area (Å²) < 4.78 is 11.6. The molecule has 3 fully saturated rings. The molecule has 0 bridgehead atoms. The highest BCUT2D eigenvalue weighted by molar-refractivity contribution is 5.91. The molecule has 7 rings (SSSR count). The fraction of sp³-hybridized carbons (Fsp3) is 0.512. The van der Waals surface area contributed by atoms with Gasteiger partial charge >= 0.3 is 18.1 Å². The van der Waals surface area contributed by atoms with Gasteiger partial charge in [-0.25, -0.2) is 9.59 Å². The number of carbonyl (C=O) groups excluding carboxylic acids is 4. The fourth-order valence-corrected chi connectivity index (χ4v) is 8.66. The number of aromatic hydroxyl groups is 1. The number of esters is 1. The van der Waals surface area contributed by atoms with Crippen LogP contribution in [0.2, 0.25) is 0 Å². The SMILES string of the molecule is Cc1cc(C[C@@H](OC(=O)N2CCC(N3CCc4ccccc4NC3=O)CC2)C(=O)N2CCC(N3CCN(CC(=O)OCc4ccncc4)CC3)CC2)cc(C)c1O. The Bertz CT molecular complexity index is 1860. The van der Waals surface area contributed by atoms with Gasteiger partial charge in [0.05, 0.1) is 6.54 Å². The van der Waals surface area contributed by atoms with Crippen molar-refractivity contribution in [2.24, 2.45) is 0 Å². The van der Waals surface area contributed by atoms with Crippen molar-refractivity contribution in [2.45, 2.75) is 77.2 Å². The smallest absolute Gasteiger partial charge is 0.410 e. The number of fused-ring (bicyclic) bond motifs is 1. The van der Waals surface area contributed by atoms with Crippen molar-refractivity contribution >= 4 is 29.7 Å². The zero-order chi connectivity index (χ0) is 39.9. The molecule has 14 heteroatoms. The third-order valence-corrected chi connectivity index (χ3v) is 12.0. The number of nitrogens with one attached hydrogen (secondary N) is 1. The van der Waals surface area contributed by atoms with E-state index in [1.165, 1.54) is 0 Å². The van der Waals surface area contributed by atoms with Crippen molar-refractivity contribution in [1.29, 1.82) is 0 Å². The fourth-order valence-electron chi connectivity index (χ4n) is 8.66. The number of anilines is 1. The molecule has 3 aromatic rings. The summed E-state index contributed by atoms with van der Waals surface area (Å²) in [6, 6.07) is 15.4. The minimum Gasteiger partial charge on any atom is -0.507 e. The van der Waals surface area contributed by atoms with Crippen LogP contribution >= 0.6 is 0 Å². The number of likely N-dealkylation sites (tertiary alicyclic amines) is 2. The number of urea groups is 1. The molecule has 2 aromatic carbocycles. The van der Waals surface area contributed by atoms with E-state index < -0.39 is 12.2 Å². The number of benzene rings is 2. The number of pyridine rings is 1. The van der Waals surface area contributed by atoms with Gasteiger partial charge in [0.15, 0.2) is 6.10 Å². The quantitative estimate of drug-likeness (QED) is 0.285. The van der Waals surface area contributed by atoms with Gasteiger partial charge in [0.2, 0.25) is 0 Å². The van der Waals surface area contributed by atoms with Crippen LogP contribution in [0.3, 0.4) is 0 Å². The number of hydrogen-bond donors (Lipinski definition) is 2. The van der Waals surface area contributed by atoms with E-state index in [1.54, 1.807) is 17.3 Å². The maximum atomic E-state index is 14.2. The number of piperidine rings is 2. The number of amides is 4. The molecule has 0 unspecified atom stereocenters. The summed E-state index contributed by atoms with van der Waals surface area (Å²) in [7, 11) is 0. The van der Waals surface area contributed by atoms with E-state index in [1.807, 2.05) is 72.2 Å². The van der Waals surface area contributed by atoms with Gasteiger partial charge in [-0.1, -0.05) is 30.3 Å². The lowest BCUT2D eigenvalue weighted by molar-refractivity contribution is -0.146. The molecule has 4 aliphatic heterocycles. The number of phenolic OH excluding ortho intramolecular Hbond substituents is 1. The Kier molecular flexibility index (Phi) is 12.9. The van der Waals surface area contributed by atoms with Gasteiger partial charge in [0.1, 0.15) is 12.4 Å². The van der Waals surface area contributed by atoms with E-state index >= 15 is 0 Å². The Hall–Kier alpha value is -5.21. The lowest BCUT2D eigenvalue weighted by atomic mass is 9.98. The van der Waals surface area contributed by atoms with Crippen molar-refractivity contribution in [3.05, 3.63) is 88.7 Å². The first-order chi connectivity index (χ1) is 27.6. The molecule has 57 heavy (non-hydrogen) atoms. The molecule has 3 saturated heterocycles. The molecular formula is C43H55N7O7. The molecule has 14 nitrogen and oxygen atoms in total. The number of rotatable bonds is 10. The van der Waals surface area contributed by atoms with Crippen LogP contribution in [-0.4, -0.2) is 142 Å². The first-order valence-corrected chi connectivity index (χ1v) is 20.3. The third-order valence-electron chi connectivity index (χ3n) is 12.0. The number of piperazine rings is 1. The lowest BCUT2D eigenvalue weighted by Gasteiger charge is -2.43. The molecule has 0 radical (unpaired) electrons. The number of aromatic nitrogens is 1. The summed E-state index contributed by atoms with van der Waals surface area (Å²) in [6.45, 7) is 9.91. The molecule has 0 saturated carbocycles. The highest BCUT2D eigenvalue weighted by Crippen LogP contribution is 2.28. The van der Waals surface area contributed by atoms with Crippen LogP contribution < -0.4 is 5.32 Å². The highest BCUT2D eigenvalue weighted by Gasteiger charge is 2.37. The Balaban J connectivity index is 0.910. The minimum absolute atomic E-state index is 0.00688. The molecule has 1 atom stereocenters. The van der Waals surface area contributed by atoms with Crippen molar-refractivity contribution in [3.8, 4) is 5.75 Å². The summed E-state index contributed by atoms with van der Waals surface area (Å²) in [6.07, 6.45) is 5.62. The number of nitrogens with zero attached hydrogens (tertiary/aromatic N) is 6. The molecule has 1 aromatic heterocycles.